The van der Waals surface area contributed by atoms with Gasteiger partial charge in [-0.3, -0.25) is 19.1 Å². The number of phenols is 2. The van der Waals surface area contributed by atoms with E-state index in [2.05, 4.69) is 32.5 Å². The number of aryl methyl sites for hydroxylation is 1. The lowest BCUT2D eigenvalue weighted by Crippen LogP contribution is -2.35. The molecule has 1 aromatic heterocycles. The second-order valence-corrected chi connectivity index (χ2v) is 12.1. The maximum atomic E-state index is 12.9. The minimum Gasteiger partial charge on any atom is -0.508 e. The average molecular weight is 665 g/mol. The molecule has 4 aromatic rings. The number of phenolic OH excluding ortho intramolecular Hbond substituents is 2. The number of alkyl halides is 3. The molecule has 1 aliphatic heterocycles. The molecule has 10 nitrogen and oxygen atoms in total. The molecular formula is C35H39F3N6O4. The number of aromatic nitrogens is 3. The van der Waals surface area contributed by atoms with Gasteiger partial charge in [-0.15, -0.1) is 10.2 Å². The highest BCUT2D eigenvalue weighted by Crippen LogP contribution is 2.36. The molecule has 2 heterocycles. The molecule has 2 amide bonds. The van der Waals surface area contributed by atoms with E-state index in [1.165, 1.54) is 23.1 Å². The van der Waals surface area contributed by atoms with Gasteiger partial charge in [-0.25, -0.2) is 0 Å². The van der Waals surface area contributed by atoms with E-state index in [4.69, 9.17) is 0 Å². The van der Waals surface area contributed by atoms with Gasteiger partial charge in [0.2, 0.25) is 11.7 Å². The Morgan fingerprint density at radius 3 is 2.17 bits per heavy atom. The van der Waals surface area contributed by atoms with Crippen molar-refractivity contribution >= 4 is 11.8 Å². The zero-order chi connectivity index (χ0) is 34.4. The second-order valence-electron chi connectivity index (χ2n) is 12.1. The molecule has 5 rings (SSSR count). The molecule has 0 aliphatic carbocycles. The van der Waals surface area contributed by atoms with Crippen molar-refractivity contribution in [2.24, 2.45) is 5.92 Å². The van der Waals surface area contributed by atoms with Gasteiger partial charge in [-0.1, -0.05) is 43.3 Å². The number of piperidine rings is 1. The van der Waals surface area contributed by atoms with Gasteiger partial charge in [0.15, 0.2) is 5.82 Å². The second kappa shape index (κ2) is 14.9. The fourth-order valence-electron chi connectivity index (χ4n) is 5.90. The van der Waals surface area contributed by atoms with Crippen molar-refractivity contribution in [1.29, 1.82) is 0 Å². The van der Waals surface area contributed by atoms with Crippen LogP contribution in [-0.4, -0.2) is 67.5 Å². The van der Waals surface area contributed by atoms with Crippen LogP contribution in [0.2, 0.25) is 0 Å². The molecule has 1 fully saturated rings. The molecule has 13 heteroatoms. The number of carbonyl (C=O) groups is 2. The summed E-state index contributed by atoms with van der Waals surface area (Å²) in [5.41, 5.74) is 4.47. The van der Waals surface area contributed by atoms with Gasteiger partial charge in [0.25, 0.3) is 5.91 Å². The number of nitrogens with zero attached hydrogens (tertiary/aromatic N) is 4. The summed E-state index contributed by atoms with van der Waals surface area (Å²) in [6.07, 6.45) is -1.28. The Labute approximate surface area is 276 Å². The smallest absolute Gasteiger partial charge is 0.405 e. The highest BCUT2D eigenvalue weighted by molar-refractivity contribution is 5.92. The molecule has 48 heavy (non-hydrogen) atoms. The Bertz CT molecular complexity index is 1730. The Balaban J connectivity index is 1.28. The third-order valence-electron chi connectivity index (χ3n) is 8.53. The maximum absolute atomic E-state index is 12.9. The first-order valence-electron chi connectivity index (χ1n) is 15.9. The van der Waals surface area contributed by atoms with Crippen LogP contribution in [0.4, 0.5) is 13.2 Å². The zero-order valence-corrected chi connectivity index (χ0v) is 26.8. The summed E-state index contributed by atoms with van der Waals surface area (Å²) in [4.78, 5) is 26.5. The maximum Gasteiger partial charge on any atom is 0.405 e. The van der Waals surface area contributed by atoms with Gasteiger partial charge in [0, 0.05) is 31.8 Å². The van der Waals surface area contributed by atoms with E-state index in [0.29, 0.717) is 30.1 Å². The Kier molecular flexibility index (Phi) is 10.7. The van der Waals surface area contributed by atoms with Gasteiger partial charge in [0.05, 0.1) is 5.56 Å². The summed E-state index contributed by atoms with van der Waals surface area (Å²) in [5.74, 6) is -1.41. The van der Waals surface area contributed by atoms with E-state index < -0.39 is 18.6 Å². The van der Waals surface area contributed by atoms with Crippen molar-refractivity contribution in [2.45, 2.75) is 58.8 Å². The molecule has 0 saturated carbocycles. The number of likely N-dealkylation sites (tertiary alicyclic amines) is 1. The SMILES string of the molecule is CCc1cc(-c2nnc(C(=O)NCC(F)(F)F)n2-c2ccc(CC3CCN(Cc4ccc(CNC(C)=O)cc4)CC3)cc2)c(O)cc1O. The molecule has 3 aromatic carbocycles. The summed E-state index contributed by atoms with van der Waals surface area (Å²) in [6, 6.07) is 18.3. The van der Waals surface area contributed by atoms with Gasteiger partial charge in [-0.05, 0) is 85.1 Å². The molecule has 0 radical (unpaired) electrons. The first-order chi connectivity index (χ1) is 22.9. The minimum atomic E-state index is -4.62. The standard InChI is InChI=1S/C35H39F3N6O4/c1-3-27-17-29(31(47)18-30(27)46)32-41-42-33(34(48)40-21-35(36,37)38)44(32)28-10-8-23(9-11-28)16-24-12-14-43(15-13-24)20-26-6-4-25(5-7-26)19-39-22(2)45/h4-11,17-18,24,46-47H,3,12-16,19-21H2,1-2H3,(H,39,45)(H,40,48). The summed E-state index contributed by atoms with van der Waals surface area (Å²) in [7, 11) is 0. The summed E-state index contributed by atoms with van der Waals surface area (Å²) in [5, 5.41) is 33.5. The highest BCUT2D eigenvalue weighted by atomic mass is 19.4. The summed E-state index contributed by atoms with van der Waals surface area (Å²) in [6.45, 7) is 5.08. The van der Waals surface area contributed by atoms with E-state index >= 15 is 0 Å². The number of halogens is 3. The van der Waals surface area contributed by atoms with Crippen molar-refractivity contribution < 1.29 is 33.0 Å². The summed E-state index contributed by atoms with van der Waals surface area (Å²) >= 11 is 0. The third-order valence-corrected chi connectivity index (χ3v) is 8.53. The van der Waals surface area contributed by atoms with Gasteiger partial charge >= 0.3 is 6.18 Å². The van der Waals surface area contributed by atoms with Crippen molar-refractivity contribution in [3.8, 4) is 28.6 Å². The van der Waals surface area contributed by atoms with Crippen LogP contribution in [0.1, 0.15) is 59.6 Å². The molecule has 0 unspecified atom stereocenters. The van der Waals surface area contributed by atoms with E-state index in [-0.39, 0.29) is 34.6 Å². The molecule has 4 N–H and O–H groups in total. The quantitative estimate of drug-likeness (QED) is 0.171. The van der Waals surface area contributed by atoms with Crippen LogP contribution in [-0.2, 0) is 30.7 Å². The number of hydrogen-bond acceptors (Lipinski definition) is 7. The number of amides is 2. The molecule has 1 aliphatic rings. The van der Waals surface area contributed by atoms with Crippen molar-refractivity contribution in [3.63, 3.8) is 0 Å². The van der Waals surface area contributed by atoms with E-state index in [0.717, 1.165) is 56.1 Å². The fourth-order valence-corrected chi connectivity index (χ4v) is 5.90. The average Bonchev–Trinajstić information content (AvgIpc) is 3.49. The van der Waals surface area contributed by atoms with E-state index in [1.807, 2.05) is 36.5 Å². The van der Waals surface area contributed by atoms with Crippen LogP contribution >= 0.6 is 0 Å². The highest BCUT2D eigenvalue weighted by Gasteiger charge is 2.30. The van der Waals surface area contributed by atoms with Crippen molar-refractivity contribution in [1.82, 2.24) is 30.3 Å². The number of aromatic hydroxyl groups is 2. The topological polar surface area (TPSA) is 133 Å². The predicted octanol–water partition coefficient (Wildman–Crippen LogP) is 5.29. The van der Waals surface area contributed by atoms with Gasteiger partial charge in [0.1, 0.15) is 18.0 Å². The normalized spacial score (nSPS) is 14.2. The molecule has 1 saturated heterocycles. The van der Waals surface area contributed by atoms with Crippen molar-refractivity contribution in [2.75, 3.05) is 19.6 Å². The Morgan fingerprint density at radius 2 is 1.54 bits per heavy atom. The zero-order valence-electron chi connectivity index (χ0n) is 26.8. The first kappa shape index (κ1) is 34.4. The number of carbonyl (C=O) groups excluding carboxylic acids is 2. The van der Waals surface area contributed by atoms with Crippen molar-refractivity contribution in [3.05, 3.63) is 88.7 Å². The van der Waals surface area contributed by atoms with Crippen LogP contribution < -0.4 is 10.6 Å². The molecule has 0 spiro atoms. The number of hydrogen-bond donors (Lipinski definition) is 4. The molecular weight excluding hydrogens is 625 g/mol. The molecule has 0 bridgehead atoms. The van der Waals surface area contributed by atoms with Crippen LogP contribution in [0.3, 0.4) is 0 Å². The van der Waals surface area contributed by atoms with Crippen LogP contribution in [0.5, 0.6) is 11.5 Å². The largest absolute Gasteiger partial charge is 0.508 e. The number of nitrogens with one attached hydrogen (secondary N) is 2. The van der Waals surface area contributed by atoms with Gasteiger partial charge < -0.3 is 20.8 Å². The number of benzene rings is 3. The first-order valence-corrected chi connectivity index (χ1v) is 15.9. The van der Waals surface area contributed by atoms with E-state index in [9.17, 15) is 33.0 Å². The summed E-state index contributed by atoms with van der Waals surface area (Å²) < 4.78 is 40.0. The lowest BCUT2D eigenvalue weighted by molar-refractivity contribution is -0.123. The van der Waals surface area contributed by atoms with Crippen LogP contribution in [0, 0.1) is 5.92 Å². The lowest BCUT2D eigenvalue weighted by atomic mass is 9.90. The lowest BCUT2D eigenvalue weighted by Gasteiger charge is -2.32. The number of rotatable bonds is 11. The third kappa shape index (κ3) is 8.71. The molecule has 0 atom stereocenters. The van der Waals surface area contributed by atoms with E-state index in [1.54, 1.807) is 12.1 Å². The van der Waals surface area contributed by atoms with Crippen LogP contribution in [0.25, 0.3) is 17.1 Å². The predicted molar refractivity (Wildman–Crippen MR) is 174 cm³/mol. The van der Waals surface area contributed by atoms with Gasteiger partial charge in [-0.2, -0.15) is 13.2 Å². The minimum absolute atomic E-state index is 0.0434. The monoisotopic (exact) mass is 664 g/mol. The Morgan fingerprint density at radius 1 is 0.896 bits per heavy atom. The van der Waals surface area contributed by atoms with Crippen LogP contribution in [0.15, 0.2) is 60.7 Å². The Hall–Kier alpha value is -4.91. The fraction of sp³-hybridized carbons (Fsp3) is 0.371. The molecule has 254 valence electrons.